The third kappa shape index (κ3) is 7.61. The molecule has 6 nitrogen and oxygen atoms in total. The van der Waals surface area contributed by atoms with Gasteiger partial charge in [0.2, 0.25) is 0 Å². The summed E-state index contributed by atoms with van der Waals surface area (Å²) in [6, 6.07) is 7.92. The van der Waals surface area contributed by atoms with Crippen LogP contribution in [-0.2, 0) is 52.9 Å². The van der Waals surface area contributed by atoms with Crippen molar-refractivity contribution < 1.29 is 29.0 Å². The van der Waals surface area contributed by atoms with Gasteiger partial charge in [0.25, 0.3) is 11.6 Å². The van der Waals surface area contributed by atoms with Crippen LogP contribution in [0.1, 0.15) is 103 Å². The fourth-order valence-electron chi connectivity index (χ4n) is 4.19. The number of aliphatic carboxylic acids is 1. The zero-order chi connectivity index (χ0) is 27.4. The molecule has 2 aromatic rings. The molecule has 196 valence electrons. The fraction of sp³-hybridized carbons (Fsp3) is 0.467. The standard InChI is InChI=1S/C16H22O3.C14H18O3/c1-5-11-9-12(6-2)14(13(7-3)10-11)15(17)16(18)19-8-4;1-4-9-7-10(5-2)12(11(6-3)8-9)13(15)14(16)17/h9-10H,5-8H2,1-4H3;7-8H,4-6H2,1-3H3,(H,16,17). The summed E-state index contributed by atoms with van der Waals surface area (Å²) in [5.41, 5.74) is 6.85. The summed E-state index contributed by atoms with van der Waals surface area (Å²) in [6.45, 7) is 13.9. The Hall–Kier alpha value is -3.28. The van der Waals surface area contributed by atoms with Gasteiger partial charge in [0, 0.05) is 11.1 Å². The van der Waals surface area contributed by atoms with Crippen LogP contribution >= 0.6 is 0 Å². The van der Waals surface area contributed by atoms with Gasteiger partial charge in [0.05, 0.1) is 6.61 Å². The molecule has 0 heterocycles. The molecule has 0 fully saturated rings. The average molecular weight is 497 g/mol. The van der Waals surface area contributed by atoms with E-state index in [0.29, 0.717) is 24.0 Å². The number of Topliss-reactive ketones (excluding diaryl/α,β-unsaturated/α-hetero) is 2. The highest BCUT2D eigenvalue weighted by molar-refractivity contribution is 6.41. The second kappa shape index (κ2) is 15.0. The highest BCUT2D eigenvalue weighted by Crippen LogP contribution is 2.22. The number of carboxylic acid groups (broad SMARTS) is 1. The Morgan fingerprint density at radius 1 is 0.583 bits per heavy atom. The van der Waals surface area contributed by atoms with Crippen LogP contribution in [0.25, 0.3) is 0 Å². The summed E-state index contributed by atoms with van der Waals surface area (Å²) < 4.78 is 4.83. The molecule has 0 bridgehead atoms. The number of carbonyl (C=O) groups excluding carboxylic acids is 3. The number of carboxylic acids is 1. The Kier molecular flexibility index (Phi) is 12.8. The highest BCUT2D eigenvalue weighted by atomic mass is 16.5. The molecule has 0 radical (unpaired) electrons. The maximum Gasteiger partial charge on any atom is 0.379 e. The summed E-state index contributed by atoms with van der Waals surface area (Å²) >= 11 is 0. The Balaban J connectivity index is 0.000000362. The summed E-state index contributed by atoms with van der Waals surface area (Å²) in [5.74, 6) is -3.44. The van der Waals surface area contributed by atoms with Crippen LogP contribution in [0, 0.1) is 0 Å². The number of esters is 1. The lowest BCUT2D eigenvalue weighted by Crippen LogP contribution is -2.21. The Labute approximate surface area is 215 Å². The van der Waals surface area contributed by atoms with Crippen molar-refractivity contribution in [3.63, 3.8) is 0 Å². The second-order valence-electron chi connectivity index (χ2n) is 8.38. The summed E-state index contributed by atoms with van der Waals surface area (Å²) in [5, 5.41) is 8.85. The first-order chi connectivity index (χ1) is 17.1. The largest absolute Gasteiger partial charge is 0.475 e. The number of hydrogen-bond acceptors (Lipinski definition) is 5. The van der Waals surface area contributed by atoms with Gasteiger partial charge in [-0.1, -0.05) is 65.8 Å². The number of ether oxygens (including phenoxy) is 1. The van der Waals surface area contributed by atoms with Crippen LogP contribution in [0.5, 0.6) is 0 Å². The van der Waals surface area contributed by atoms with Crippen molar-refractivity contribution in [1.82, 2.24) is 0 Å². The minimum Gasteiger partial charge on any atom is -0.475 e. The maximum atomic E-state index is 12.2. The molecule has 0 unspecified atom stereocenters. The predicted octanol–water partition coefficient (Wildman–Crippen LogP) is 5.76. The molecule has 0 saturated heterocycles. The number of carbonyl (C=O) groups is 4. The van der Waals surface area contributed by atoms with E-state index in [2.05, 4.69) is 6.92 Å². The monoisotopic (exact) mass is 496 g/mol. The van der Waals surface area contributed by atoms with Crippen molar-refractivity contribution in [2.24, 2.45) is 0 Å². The SMILES string of the molecule is CCOC(=O)C(=O)c1c(CC)cc(CC)cc1CC.CCc1cc(CC)c(C(=O)C(=O)O)c(CC)c1. The molecule has 0 saturated carbocycles. The molecule has 2 aromatic carbocycles. The molecule has 0 amide bonds. The number of hydrogen-bond donors (Lipinski definition) is 1. The average Bonchev–Trinajstić information content (AvgIpc) is 2.90. The van der Waals surface area contributed by atoms with Gasteiger partial charge in [0.15, 0.2) is 0 Å². The normalized spacial score (nSPS) is 10.3. The van der Waals surface area contributed by atoms with E-state index in [1.165, 1.54) is 5.56 Å². The molecule has 0 spiro atoms. The Morgan fingerprint density at radius 3 is 1.17 bits per heavy atom. The van der Waals surface area contributed by atoms with Crippen LogP contribution in [0.4, 0.5) is 0 Å². The van der Waals surface area contributed by atoms with E-state index in [1.54, 1.807) is 6.92 Å². The van der Waals surface area contributed by atoms with Crippen molar-refractivity contribution in [3.8, 4) is 0 Å². The van der Waals surface area contributed by atoms with E-state index >= 15 is 0 Å². The van der Waals surface area contributed by atoms with E-state index in [4.69, 9.17) is 9.84 Å². The molecule has 2 rings (SSSR count). The van der Waals surface area contributed by atoms with Gasteiger partial charge in [-0.3, -0.25) is 9.59 Å². The first-order valence-electron chi connectivity index (χ1n) is 12.9. The van der Waals surface area contributed by atoms with E-state index in [9.17, 15) is 19.2 Å². The quantitative estimate of drug-likeness (QED) is 0.241. The first-order valence-corrected chi connectivity index (χ1v) is 12.9. The zero-order valence-corrected chi connectivity index (χ0v) is 22.7. The van der Waals surface area contributed by atoms with Crippen LogP contribution in [-0.4, -0.2) is 35.2 Å². The molecule has 36 heavy (non-hydrogen) atoms. The van der Waals surface area contributed by atoms with Gasteiger partial charge in [-0.15, -0.1) is 0 Å². The number of ketones is 2. The summed E-state index contributed by atoms with van der Waals surface area (Å²) in [4.78, 5) is 46.4. The van der Waals surface area contributed by atoms with E-state index in [-0.39, 0.29) is 6.61 Å². The lowest BCUT2D eigenvalue weighted by molar-refractivity contribution is -0.137. The van der Waals surface area contributed by atoms with E-state index < -0.39 is 23.5 Å². The molecular weight excluding hydrogens is 456 g/mol. The topological polar surface area (TPSA) is 97.7 Å². The summed E-state index contributed by atoms with van der Waals surface area (Å²) in [6.07, 6.45) is 4.64. The fourth-order valence-corrected chi connectivity index (χ4v) is 4.19. The van der Waals surface area contributed by atoms with Gasteiger partial charge in [0.1, 0.15) is 0 Å². The Morgan fingerprint density at radius 2 is 0.917 bits per heavy atom. The third-order valence-electron chi connectivity index (χ3n) is 6.17. The van der Waals surface area contributed by atoms with Crippen molar-refractivity contribution >= 4 is 23.5 Å². The number of benzene rings is 2. The van der Waals surface area contributed by atoms with E-state index in [1.807, 2.05) is 58.9 Å². The van der Waals surface area contributed by atoms with Crippen molar-refractivity contribution in [2.45, 2.75) is 87.0 Å². The molecule has 6 heteroatoms. The van der Waals surface area contributed by atoms with Crippen LogP contribution in [0.2, 0.25) is 0 Å². The third-order valence-corrected chi connectivity index (χ3v) is 6.17. The van der Waals surface area contributed by atoms with Crippen molar-refractivity contribution in [3.05, 3.63) is 68.8 Å². The maximum absolute atomic E-state index is 12.2. The molecular formula is C30H40O6. The van der Waals surface area contributed by atoms with E-state index in [0.717, 1.165) is 53.5 Å². The van der Waals surface area contributed by atoms with Gasteiger partial charge in [-0.25, -0.2) is 9.59 Å². The molecule has 0 aromatic heterocycles. The molecule has 0 aliphatic carbocycles. The lowest BCUT2D eigenvalue weighted by Gasteiger charge is -2.13. The highest BCUT2D eigenvalue weighted by Gasteiger charge is 2.24. The zero-order valence-electron chi connectivity index (χ0n) is 22.7. The molecule has 0 aliphatic rings. The minimum absolute atomic E-state index is 0.223. The minimum atomic E-state index is -1.38. The van der Waals surface area contributed by atoms with Gasteiger partial charge < -0.3 is 9.84 Å². The lowest BCUT2D eigenvalue weighted by atomic mass is 9.91. The Bertz CT molecular complexity index is 1050. The number of rotatable bonds is 11. The second-order valence-corrected chi connectivity index (χ2v) is 8.38. The van der Waals surface area contributed by atoms with Crippen LogP contribution in [0.3, 0.4) is 0 Å². The van der Waals surface area contributed by atoms with Crippen molar-refractivity contribution in [1.29, 1.82) is 0 Å². The van der Waals surface area contributed by atoms with Gasteiger partial charge >= 0.3 is 11.9 Å². The van der Waals surface area contributed by atoms with Crippen LogP contribution in [0.15, 0.2) is 24.3 Å². The van der Waals surface area contributed by atoms with Crippen LogP contribution < -0.4 is 0 Å². The predicted molar refractivity (Wildman–Crippen MR) is 142 cm³/mol. The number of aryl methyl sites for hydroxylation is 6. The van der Waals surface area contributed by atoms with Gasteiger partial charge in [-0.2, -0.15) is 0 Å². The molecule has 1 N–H and O–H groups in total. The molecule has 0 atom stereocenters. The van der Waals surface area contributed by atoms with Crippen molar-refractivity contribution in [2.75, 3.05) is 6.61 Å². The summed E-state index contributed by atoms with van der Waals surface area (Å²) in [7, 11) is 0. The first kappa shape index (κ1) is 30.8. The van der Waals surface area contributed by atoms with Gasteiger partial charge in [-0.05, 0) is 78.8 Å². The smallest absolute Gasteiger partial charge is 0.379 e. The molecule has 0 aliphatic heterocycles.